The average Bonchev–Trinajstić information content (AvgIpc) is 2.84. The highest BCUT2D eigenvalue weighted by atomic mass is 16.4. The second kappa shape index (κ2) is 6.41. The Balaban J connectivity index is 1.82. The van der Waals surface area contributed by atoms with E-state index in [0.717, 1.165) is 10.5 Å². The number of pyridine rings is 1. The monoisotopic (exact) mass is 275 g/mol. The first-order chi connectivity index (χ1) is 9.63. The summed E-state index contributed by atoms with van der Waals surface area (Å²) in [7, 11) is 0. The zero-order valence-electron chi connectivity index (χ0n) is 10.6. The lowest BCUT2D eigenvalue weighted by Crippen LogP contribution is -2.15. The van der Waals surface area contributed by atoms with E-state index in [9.17, 15) is 9.59 Å². The normalized spacial score (nSPS) is 10.2. The van der Waals surface area contributed by atoms with Crippen LogP contribution in [0.2, 0.25) is 0 Å². The van der Waals surface area contributed by atoms with Gasteiger partial charge in [0.25, 0.3) is 0 Å². The summed E-state index contributed by atoms with van der Waals surface area (Å²) in [4.78, 5) is 27.3. The number of nitrogens with one attached hydrogen (secondary N) is 1. The lowest BCUT2D eigenvalue weighted by molar-refractivity contribution is -0.138. The molecule has 0 aliphatic heterocycles. The second-order valence-electron chi connectivity index (χ2n) is 4.02. The standard InChI is InChI=1S/C12H13N5O3/c18-11(5-4-9-3-1-2-6-13-9)15-10-7-14-17(16-10)8-12(19)20/h1-3,6-7H,4-5,8H2,(H,19,20)(H,15,16,18). The molecule has 2 N–H and O–H groups in total. The topological polar surface area (TPSA) is 110 Å². The number of hydrogen-bond acceptors (Lipinski definition) is 5. The number of carboxylic acids is 1. The van der Waals surface area contributed by atoms with E-state index in [0.29, 0.717) is 6.42 Å². The molecule has 2 rings (SSSR count). The molecule has 2 heterocycles. The summed E-state index contributed by atoms with van der Waals surface area (Å²) < 4.78 is 0. The molecule has 2 aromatic heterocycles. The van der Waals surface area contributed by atoms with Gasteiger partial charge in [0.15, 0.2) is 12.4 Å². The van der Waals surface area contributed by atoms with Crippen LogP contribution >= 0.6 is 0 Å². The van der Waals surface area contributed by atoms with E-state index in [4.69, 9.17) is 5.11 Å². The lowest BCUT2D eigenvalue weighted by Gasteiger charge is -2.01. The molecule has 20 heavy (non-hydrogen) atoms. The van der Waals surface area contributed by atoms with E-state index in [-0.39, 0.29) is 24.7 Å². The van der Waals surface area contributed by atoms with Crippen molar-refractivity contribution in [2.75, 3.05) is 5.32 Å². The Morgan fingerprint density at radius 2 is 2.20 bits per heavy atom. The fourth-order valence-corrected chi connectivity index (χ4v) is 1.54. The molecule has 0 saturated heterocycles. The van der Waals surface area contributed by atoms with Gasteiger partial charge in [-0.05, 0) is 18.6 Å². The molecular weight excluding hydrogens is 262 g/mol. The summed E-state index contributed by atoms with van der Waals surface area (Å²) in [6.07, 6.45) is 3.77. The van der Waals surface area contributed by atoms with Crippen molar-refractivity contribution in [2.24, 2.45) is 0 Å². The lowest BCUT2D eigenvalue weighted by atomic mass is 10.2. The smallest absolute Gasteiger partial charge is 0.327 e. The number of aromatic nitrogens is 4. The van der Waals surface area contributed by atoms with Crippen molar-refractivity contribution < 1.29 is 14.7 Å². The van der Waals surface area contributed by atoms with Crippen LogP contribution in [0.4, 0.5) is 5.82 Å². The molecule has 0 radical (unpaired) electrons. The molecule has 0 aromatic carbocycles. The highest BCUT2D eigenvalue weighted by Gasteiger charge is 2.08. The first-order valence-corrected chi connectivity index (χ1v) is 5.95. The quantitative estimate of drug-likeness (QED) is 0.786. The Hall–Kier alpha value is -2.77. The van der Waals surface area contributed by atoms with Crippen molar-refractivity contribution in [1.82, 2.24) is 20.0 Å². The number of carbonyl (C=O) groups is 2. The molecular formula is C12H13N5O3. The Bertz CT molecular complexity index is 596. The first kappa shape index (κ1) is 13.7. The van der Waals surface area contributed by atoms with Crippen molar-refractivity contribution >= 4 is 17.7 Å². The van der Waals surface area contributed by atoms with Crippen LogP contribution in [0.15, 0.2) is 30.6 Å². The molecule has 8 nitrogen and oxygen atoms in total. The maximum absolute atomic E-state index is 11.7. The maximum atomic E-state index is 11.7. The van der Waals surface area contributed by atoms with Crippen molar-refractivity contribution in [3.8, 4) is 0 Å². The van der Waals surface area contributed by atoms with Crippen LogP contribution in [0.5, 0.6) is 0 Å². The van der Waals surface area contributed by atoms with Crippen LogP contribution in [0.25, 0.3) is 0 Å². The minimum absolute atomic E-state index is 0.224. The van der Waals surface area contributed by atoms with Crippen LogP contribution < -0.4 is 5.32 Å². The minimum Gasteiger partial charge on any atom is -0.480 e. The summed E-state index contributed by atoms with van der Waals surface area (Å²) in [5.41, 5.74) is 0.831. The molecule has 0 aliphatic carbocycles. The van der Waals surface area contributed by atoms with Crippen molar-refractivity contribution in [3.63, 3.8) is 0 Å². The molecule has 0 spiro atoms. The van der Waals surface area contributed by atoms with Gasteiger partial charge in [0.05, 0.1) is 6.20 Å². The Morgan fingerprint density at radius 1 is 1.35 bits per heavy atom. The third-order valence-corrected chi connectivity index (χ3v) is 2.41. The predicted molar refractivity (Wildman–Crippen MR) is 68.8 cm³/mol. The number of anilines is 1. The van der Waals surface area contributed by atoms with E-state index < -0.39 is 5.97 Å². The second-order valence-corrected chi connectivity index (χ2v) is 4.02. The van der Waals surface area contributed by atoms with E-state index in [1.807, 2.05) is 18.2 Å². The van der Waals surface area contributed by atoms with Gasteiger partial charge in [-0.15, -0.1) is 5.10 Å². The van der Waals surface area contributed by atoms with Crippen molar-refractivity contribution in [1.29, 1.82) is 0 Å². The number of aryl methyl sites for hydroxylation is 1. The van der Waals surface area contributed by atoms with Gasteiger partial charge in [0.2, 0.25) is 5.91 Å². The summed E-state index contributed by atoms with van der Waals surface area (Å²) >= 11 is 0. The fourth-order valence-electron chi connectivity index (χ4n) is 1.54. The van der Waals surface area contributed by atoms with E-state index in [1.54, 1.807) is 6.20 Å². The minimum atomic E-state index is -1.05. The molecule has 0 atom stereocenters. The summed E-state index contributed by atoms with van der Waals surface area (Å²) in [6.45, 7) is -0.343. The van der Waals surface area contributed by atoms with Crippen molar-refractivity contribution in [2.45, 2.75) is 19.4 Å². The van der Waals surface area contributed by atoms with Crippen LogP contribution in [0.3, 0.4) is 0 Å². The maximum Gasteiger partial charge on any atom is 0.327 e. The van der Waals surface area contributed by atoms with Gasteiger partial charge in [0.1, 0.15) is 0 Å². The van der Waals surface area contributed by atoms with Gasteiger partial charge >= 0.3 is 5.97 Å². The first-order valence-electron chi connectivity index (χ1n) is 5.95. The van der Waals surface area contributed by atoms with Gasteiger partial charge in [-0.2, -0.15) is 9.90 Å². The van der Waals surface area contributed by atoms with E-state index in [1.165, 1.54) is 6.20 Å². The number of aliphatic carboxylic acids is 1. The predicted octanol–water partition coefficient (Wildman–Crippen LogP) is 0.329. The Kier molecular flexibility index (Phi) is 4.38. The number of carboxylic acid groups (broad SMARTS) is 1. The Morgan fingerprint density at radius 3 is 2.90 bits per heavy atom. The average molecular weight is 275 g/mol. The van der Waals surface area contributed by atoms with E-state index in [2.05, 4.69) is 20.5 Å². The van der Waals surface area contributed by atoms with Crippen LogP contribution in [-0.4, -0.2) is 37.0 Å². The van der Waals surface area contributed by atoms with Gasteiger partial charge < -0.3 is 10.4 Å². The third kappa shape index (κ3) is 4.16. The number of hydrogen-bond donors (Lipinski definition) is 2. The molecule has 8 heteroatoms. The SMILES string of the molecule is O=C(O)Cn1ncc(NC(=O)CCc2ccccn2)n1. The molecule has 2 aromatic rings. The van der Waals surface area contributed by atoms with Gasteiger partial charge in [-0.1, -0.05) is 6.07 Å². The van der Waals surface area contributed by atoms with Gasteiger partial charge in [-0.25, -0.2) is 0 Å². The zero-order valence-corrected chi connectivity index (χ0v) is 10.6. The van der Waals surface area contributed by atoms with Crippen LogP contribution in [0.1, 0.15) is 12.1 Å². The Labute approximate surface area is 114 Å². The highest BCUT2D eigenvalue weighted by molar-refractivity contribution is 5.89. The molecule has 104 valence electrons. The van der Waals surface area contributed by atoms with Crippen LogP contribution in [-0.2, 0) is 22.6 Å². The molecule has 0 saturated carbocycles. The molecule has 0 unspecified atom stereocenters. The summed E-state index contributed by atoms with van der Waals surface area (Å²) in [5.74, 6) is -1.04. The summed E-state index contributed by atoms with van der Waals surface area (Å²) in [6, 6.07) is 5.51. The number of carbonyl (C=O) groups excluding carboxylic acids is 1. The molecule has 1 amide bonds. The largest absolute Gasteiger partial charge is 0.480 e. The zero-order chi connectivity index (χ0) is 14.4. The molecule has 0 fully saturated rings. The van der Waals surface area contributed by atoms with E-state index >= 15 is 0 Å². The van der Waals surface area contributed by atoms with Gasteiger partial charge in [-0.3, -0.25) is 14.6 Å². The number of rotatable bonds is 6. The van der Waals surface area contributed by atoms with Gasteiger partial charge in [0, 0.05) is 18.3 Å². The number of amides is 1. The van der Waals surface area contributed by atoms with Crippen LogP contribution in [0, 0.1) is 0 Å². The molecule has 0 bridgehead atoms. The summed E-state index contributed by atoms with van der Waals surface area (Å²) in [5, 5.41) is 18.7. The van der Waals surface area contributed by atoms with Crippen molar-refractivity contribution in [3.05, 3.63) is 36.3 Å². The third-order valence-electron chi connectivity index (χ3n) is 2.41. The molecule has 0 aliphatic rings. The highest BCUT2D eigenvalue weighted by Crippen LogP contribution is 2.03. The number of nitrogens with zero attached hydrogens (tertiary/aromatic N) is 4. The fraction of sp³-hybridized carbons (Fsp3) is 0.250.